The first kappa shape index (κ1) is 32.8. The van der Waals surface area contributed by atoms with E-state index in [2.05, 4.69) is 38.7 Å². The molecule has 0 aliphatic heterocycles. The molecule has 0 heterocycles. The van der Waals surface area contributed by atoms with Crippen molar-refractivity contribution in [2.45, 2.75) is 90.3 Å². The molecule has 1 aromatic rings. The number of esters is 1. The van der Waals surface area contributed by atoms with Crippen LogP contribution in [0, 0.1) is 18.3 Å². The molecule has 0 fully saturated rings. The van der Waals surface area contributed by atoms with Gasteiger partial charge in [-0.3, -0.25) is 9.59 Å². The van der Waals surface area contributed by atoms with Crippen LogP contribution < -0.4 is 4.74 Å². The Kier molecular flexibility index (Phi) is 10.8. The topological polar surface area (TPSA) is 117 Å². The van der Waals surface area contributed by atoms with Gasteiger partial charge in [0.15, 0.2) is 14.6 Å². The van der Waals surface area contributed by atoms with Crippen molar-refractivity contribution in [2.24, 2.45) is 11.3 Å². The minimum atomic E-state index is -2.38. The van der Waals surface area contributed by atoms with Gasteiger partial charge in [0.05, 0.1) is 25.7 Å². The highest BCUT2D eigenvalue weighted by molar-refractivity contribution is 6.74. The molecule has 218 valence electrons. The Labute approximate surface area is 234 Å². The number of ether oxygens (including phenoxy) is 4. The van der Waals surface area contributed by atoms with Gasteiger partial charge in [0, 0.05) is 32.5 Å². The highest BCUT2D eigenvalue weighted by atomic mass is 28.4. The zero-order valence-electron chi connectivity index (χ0n) is 25.4. The van der Waals surface area contributed by atoms with Gasteiger partial charge >= 0.3 is 12.2 Å². The molecule has 1 aromatic carbocycles. The number of methoxy groups -OCH3 is 4. The normalized spacial score (nSPS) is 21.0. The Morgan fingerprint density at radius 2 is 1.79 bits per heavy atom. The van der Waals surface area contributed by atoms with Crippen LogP contribution in [0.3, 0.4) is 0 Å². The first-order chi connectivity index (χ1) is 18.1. The number of carbonyl (C=O) groups excluding carboxylic acids is 2. The minimum absolute atomic E-state index is 0.0545. The maximum absolute atomic E-state index is 14.0. The highest BCUT2D eigenvalue weighted by Gasteiger charge is 2.58. The fourth-order valence-electron chi connectivity index (χ4n) is 5.77. The Morgan fingerprint density at radius 1 is 1.18 bits per heavy atom. The molecule has 4 atom stereocenters. The van der Waals surface area contributed by atoms with Crippen LogP contribution in [-0.2, 0) is 34.6 Å². The van der Waals surface area contributed by atoms with Gasteiger partial charge in [-0.2, -0.15) is 4.79 Å². The van der Waals surface area contributed by atoms with Gasteiger partial charge in [-0.25, -0.2) is 0 Å². The monoisotopic (exact) mass is 562 g/mol. The smallest absolute Gasteiger partial charge is 0.323 e. The molecule has 0 radical (unpaired) electrons. The molecule has 0 saturated heterocycles. The van der Waals surface area contributed by atoms with E-state index in [1.165, 1.54) is 7.11 Å². The van der Waals surface area contributed by atoms with Crippen LogP contribution in [0.1, 0.15) is 63.1 Å². The summed E-state index contributed by atoms with van der Waals surface area (Å²) < 4.78 is 29.5. The van der Waals surface area contributed by atoms with Gasteiger partial charge in [0.1, 0.15) is 5.75 Å². The number of ketones is 1. The van der Waals surface area contributed by atoms with E-state index in [-0.39, 0.29) is 11.5 Å². The molecule has 2 rings (SSSR count). The molecular weight excluding hydrogens is 516 g/mol. The average molecular weight is 563 g/mol. The first-order valence-electron chi connectivity index (χ1n) is 13.3. The molecule has 39 heavy (non-hydrogen) atoms. The van der Waals surface area contributed by atoms with E-state index in [0.29, 0.717) is 18.6 Å². The summed E-state index contributed by atoms with van der Waals surface area (Å²) in [6.07, 6.45) is 0.418. The molecule has 0 saturated carbocycles. The van der Waals surface area contributed by atoms with E-state index in [0.717, 1.165) is 22.9 Å². The van der Waals surface area contributed by atoms with Crippen LogP contribution >= 0.6 is 0 Å². The molecule has 0 amide bonds. The molecule has 0 unspecified atom stereocenters. The fraction of sp³-hybridized carbons (Fsp3) is 0.690. The van der Waals surface area contributed by atoms with Crippen molar-refractivity contribution in [1.29, 1.82) is 0 Å². The quantitative estimate of drug-likeness (QED) is 0.0869. The second-order valence-corrected chi connectivity index (χ2v) is 16.7. The number of rotatable bonds is 12. The number of nitrogens with zero attached hydrogens (tertiary/aromatic N) is 2. The number of fused-ring (bicyclic) bond motifs is 1. The number of carbonyl (C=O) groups is 2. The van der Waals surface area contributed by atoms with Gasteiger partial charge in [-0.1, -0.05) is 27.7 Å². The lowest BCUT2D eigenvalue weighted by atomic mass is 9.55. The van der Waals surface area contributed by atoms with Crippen LogP contribution in [0.15, 0.2) is 12.1 Å². The third-order valence-electron chi connectivity index (χ3n) is 8.91. The number of aryl methyl sites for hydroxylation is 2. The number of hydrogen-bond donors (Lipinski definition) is 0. The third kappa shape index (κ3) is 6.52. The molecule has 0 bridgehead atoms. The van der Waals surface area contributed by atoms with Crippen LogP contribution in [-0.4, -0.2) is 71.9 Å². The standard InChI is InChI=1S/C29H46N2O7Si/c1-18-14-22(34-6)15-20-12-13-29(27(33)37-9,23(24(18)20)16-21(32)17-31-30)19(2)25(26(35-7)36-8)38-39(10,11)28(3,4)5/h14-15,17,19,23,25-26H,12-13,16H2,1-11H3/t19-,23+,25-,29-/m1/s1. The Morgan fingerprint density at radius 3 is 2.28 bits per heavy atom. The Balaban J connectivity index is 2.87. The van der Waals surface area contributed by atoms with Crippen molar-refractivity contribution >= 4 is 26.3 Å². The second kappa shape index (κ2) is 12.9. The SMILES string of the molecule is COC(=O)[C@@]1([C@H](C)[C@@H](O[Si](C)(C)C(C)(C)C)C(OC)OC)CCc2cc(OC)cc(C)c2[C@@H]1CC(=O)C=[N+]=[N-]. The predicted octanol–water partition coefficient (Wildman–Crippen LogP) is 5.10. The van der Waals surface area contributed by atoms with Crippen LogP contribution in [0.4, 0.5) is 0 Å². The van der Waals surface area contributed by atoms with Gasteiger partial charge in [0.2, 0.25) is 5.78 Å². The van der Waals surface area contributed by atoms with Crippen molar-refractivity contribution in [3.8, 4) is 5.75 Å². The van der Waals surface area contributed by atoms with Crippen LogP contribution in [0.2, 0.25) is 18.1 Å². The van der Waals surface area contributed by atoms with E-state index in [1.807, 2.05) is 26.0 Å². The molecule has 1 aliphatic carbocycles. The highest BCUT2D eigenvalue weighted by Crippen LogP contribution is 2.56. The second-order valence-electron chi connectivity index (χ2n) is 12.0. The zero-order chi connectivity index (χ0) is 29.8. The van der Waals surface area contributed by atoms with Crippen molar-refractivity contribution in [1.82, 2.24) is 0 Å². The maximum atomic E-state index is 14.0. The Hall–Kier alpha value is -2.36. The molecule has 1 aliphatic rings. The van der Waals surface area contributed by atoms with E-state index < -0.39 is 49.7 Å². The summed E-state index contributed by atoms with van der Waals surface area (Å²) >= 11 is 0. The van der Waals surface area contributed by atoms with Gasteiger partial charge < -0.3 is 28.9 Å². The summed E-state index contributed by atoms with van der Waals surface area (Å²) in [5, 5.41) is -0.116. The number of Topliss-reactive ketones (excluding diaryl/α,β-unsaturated/α-hetero) is 1. The molecule has 0 spiro atoms. The minimum Gasteiger partial charge on any atom is -0.497 e. The predicted molar refractivity (Wildman–Crippen MR) is 152 cm³/mol. The largest absolute Gasteiger partial charge is 0.497 e. The van der Waals surface area contributed by atoms with Crippen molar-refractivity contribution < 1.29 is 37.8 Å². The lowest BCUT2D eigenvalue weighted by Crippen LogP contribution is -2.57. The molecule has 9 nitrogen and oxygen atoms in total. The summed E-state index contributed by atoms with van der Waals surface area (Å²) in [6, 6.07) is 3.87. The van der Waals surface area contributed by atoms with E-state index in [1.54, 1.807) is 21.3 Å². The van der Waals surface area contributed by atoms with Crippen LogP contribution in [0.5, 0.6) is 5.75 Å². The van der Waals surface area contributed by atoms with Gasteiger partial charge in [-0.15, -0.1) is 0 Å². The first-order valence-corrected chi connectivity index (χ1v) is 16.2. The molecular formula is C29H46N2O7Si. The zero-order valence-corrected chi connectivity index (χ0v) is 26.4. The summed E-state index contributed by atoms with van der Waals surface area (Å²) in [5.41, 5.74) is 10.7. The van der Waals surface area contributed by atoms with E-state index in [4.69, 9.17) is 28.9 Å². The summed E-state index contributed by atoms with van der Waals surface area (Å²) in [6.45, 7) is 14.6. The van der Waals surface area contributed by atoms with Crippen molar-refractivity contribution in [2.75, 3.05) is 28.4 Å². The Bertz CT molecular complexity index is 1090. The molecule has 0 N–H and O–H groups in total. The van der Waals surface area contributed by atoms with Gasteiger partial charge in [-0.05, 0) is 66.7 Å². The summed E-state index contributed by atoms with van der Waals surface area (Å²) in [7, 11) is 3.71. The van der Waals surface area contributed by atoms with Crippen molar-refractivity contribution in [3.63, 3.8) is 0 Å². The van der Waals surface area contributed by atoms with E-state index >= 15 is 0 Å². The summed E-state index contributed by atoms with van der Waals surface area (Å²) in [4.78, 5) is 30.0. The summed E-state index contributed by atoms with van der Waals surface area (Å²) in [5.74, 6) is -1.18. The number of benzene rings is 1. The van der Waals surface area contributed by atoms with Gasteiger partial charge in [0.25, 0.3) is 0 Å². The average Bonchev–Trinajstić information content (AvgIpc) is 2.87. The molecule has 0 aromatic heterocycles. The lowest BCUT2D eigenvalue weighted by molar-refractivity contribution is -0.196. The van der Waals surface area contributed by atoms with Crippen LogP contribution in [0.25, 0.3) is 5.53 Å². The third-order valence-corrected chi connectivity index (χ3v) is 13.4. The fourth-order valence-corrected chi connectivity index (χ4v) is 7.12. The maximum Gasteiger partial charge on any atom is 0.323 e. The lowest BCUT2D eigenvalue weighted by Gasteiger charge is -2.51. The van der Waals surface area contributed by atoms with Crippen molar-refractivity contribution in [3.05, 3.63) is 34.4 Å². The molecule has 10 heteroatoms. The number of hydrogen-bond acceptors (Lipinski definition) is 7. The van der Waals surface area contributed by atoms with E-state index in [9.17, 15) is 9.59 Å².